The number of ether oxygens (including phenoxy) is 1. The molecule has 0 radical (unpaired) electrons. The standard InChI is InChI=1S/C28H21N7O8S/c1-15-29-27(31-18-8-5-16(6-9-18)26(38)39)33-28(30-15)32-23-13-21(44(40,41)42)11-17-7-10-22(25(37)24(17)23)35-34-19-3-2-4-20(12-19)43-14-36/h2-14,37H,1H3,(H,38,39)(H,40,41,42)(H2,29,30,31,32,33). The van der Waals surface area contributed by atoms with Crippen LogP contribution in [0, 0.1) is 6.92 Å². The van der Waals surface area contributed by atoms with Crippen molar-refractivity contribution >= 4 is 68.0 Å². The molecule has 0 aliphatic heterocycles. The Morgan fingerprint density at radius 3 is 2.34 bits per heavy atom. The Morgan fingerprint density at radius 1 is 0.932 bits per heavy atom. The maximum atomic E-state index is 12.1. The average molecular weight is 616 g/mol. The average Bonchev–Trinajstić information content (AvgIpc) is 2.96. The summed E-state index contributed by atoms with van der Waals surface area (Å²) in [6, 6.07) is 17.2. The van der Waals surface area contributed by atoms with Crippen LogP contribution in [-0.2, 0) is 14.9 Å². The number of carboxylic acid groups (broad SMARTS) is 1. The number of aromatic hydroxyl groups is 1. The number of aryl methyl sites for hydroxylation is 1. The summed E-state index contributed by atoms with van der Waals surface area (Å²) in [7, 11) is -4.66. The third kappa shape index (κ3) is 6.72. The van der Waals surface area contributed by atoms with E-state index in [1.165, 1.54) is 48.5 Å². The van der Waals surface area contributed by atoms with Gasteiger partial charge in [-0.2, -0.15) is 28.5 Å². The highest BCUT2D eigenvalue weighted by molar-refractivity contribution is 7.85. The lowest BCUT2D eigenvalue weighted by molar-refractivity contribution is -0.120. The molecule has 0 atom stereocenters. The lowest BCUT2D eigenvalue weighted by Crippen LogP contribution is -2.07. The van der Waals surface area contributed by atoms with Gasteiger partial charge >= 0.3 is 5.97 Å². The van der Waals surface area contributed by atoms with E-state index in [-0.39, 0.29) is 63.4 Å². The molecule has 0 amide bonds. The molecule has 44 heavy (non-hydrogen) atoms. The van der Waals surface area contributed by atoms with Crippen molar-refractivity contribution in [3.05, 3.63) is 84.2 Å². The lowest BCUT2D eigenvalue weighted by Gasteiger charge is -2.14. The van der Waals surface area contributed by atoms with E-state index >= 15 is 0 Å². The minimum atomic E-state index is -4.66. The molecular weight excluding hydrogens is 594 g/mol. The number of aromatic nitrogens is 3. The number of nitrogens with one attached hydrogen (secondary N) is 2. The monoisotopic (exact) mass is 615 g/mol. The molecule has 0 saturated carbocycles. The highest BCUT2D eigenvalue weighted by Crippen LogP contribution is 2.42. The van der Waals surface area contributed by atoms with Crippen molar-refractivity contribution in [1.29, 1.82) is 0 Å². The molecule has 1 aromatic heterocycles. The number of phenolic OH excluding ortho intramolecular Hbond substituents is 1. The molecular formula is C28H21N7O8S. The Hall–Kier alpha value is -6.00. The summed E-state index contributed by atoms with van der Waals surface area (Å²) in [6.07, 6.45) is 0. The minimum absolute atomic E-state index is 0.00779. The molecule has 222 valence electrons. The van der Waals surface area contributed by atoms with Crippen LogP contribution in [0.5, 0.6) is 11.5 Å². The first-order valence-corrected chi connectivity index (χ1v) is 13.9. The van der Waals surface area contributed by atoms with Gasteiger partial charge in [-0.1, -0.05) is 12.1 Å². The van der Waals surface area contributed by atoms with E-state index in [0.717, 1.165) is 6.07 Å². The molecule has 0 spiro atoms. The second-order valence-electron chi connectivity index (χ2n) is 9.05. The fourth-order valence-electron chi connectivity index (χ4n) is 4.06. The highest BCUT2D eigenvalue weighted by atomic mass is 32.2. The van der Waals surface area contributed by atoms with E-state index in [0.29, 0.717) is 11.4 Å². The van der Waals surface area contributed by atoms with E-state index in [1.807, 2.05) is 0 Å². The quantitative estimate of drug-likeness (QED) is 0.0752. The van der Waals surface area contributed by atoms with Crippen LogP contribution in [-0.4, -0.2) is 50.6 Å². The second-order valence-corrected chi connectivity index (χ2v) is 10.5. The number of nitrogens with zero attached hydrogens (tertiary/aromatic N) is 5. The molecule has 5 rings (SSSR count). The number of carbonyl (C=O) groups excluding carboxylic acids is 1. The number of phenols is 1. The summed E-state index contributed by atoms with van der Waals surface area (Å²) < 4.78 is 38.7. The van der Waals surface area contributed by atoms with Crippen molar-refractivity contribution in [2.24, 2.45) is 10.2 Å². The van der Waals surface area contributed by atoms with Gasteiger partial charge in [0.1, 0.15) is 17.3 Å². The number of fused-ring (bicyclic) bond motifs is 1. The van der Waals surface area contributed by atoms with Crippen molar-refractivity contribution < 1.29 is 37.5 Å². The van der Waals surface area contributed by atoms with Crippen LogP contribution in [0.2, 0.25) is 0 Å². The first-order valence-electron chi connectivity index (χ1n) is 12.5. The largest absolute Gasteiger partial charge is 0.505 e. The van der Waals surface area contributed by atoms with Gasteiger partial charge in [-0.25, -0.2) is 4.79 Å². The zero-order valence-corrected chi connectivity index (χ0v) is 23.3. The summed E-state index contributed by atoms with van der Waals surface area (Å²) in [4.78, 5) is 34.1. The van der Waals surface area contributed by atoms with Gasteiger partial charge in [0.25, 0.3) is 16.6 Å². The van der Waals surface area contributed by atoms with Crippen LogP contribution < -0.4 is 15.4 Å². The summed E-state index contributed by atoms with van der Waals surface area (Å²) >= 11 is 0. The molecule has 1 heterocycles. The Labute approximate surface area is 248 Å². The van der Waals surface area contributed by atoms with E-state index in [2.05, 4.69) is 35.8 Å². The molecule has 5 N–H and O–H groups in total. The van der Waals surface area contributed by atoms with Crippen LogP contribution in [0.15, 0.2) is 87.9 Å². The number of carbonyl (C=O) groups is 2. The molecule has 5 aromatic rings. The SMILES string of the molecule is Cc1nc(Nc2ccc(C(=O)O)cc2)nc(Nc2cc(S(=O)(=O)O)cc3ccc(N=Nc4cccc(OC=O)c4)c(O)c23)n1. The summed E-state index contributed by atoms with van der Waals surface area (Å²) in [5, 5.41) is 34.6. The molecule has 0 saturated heterocycles. The molecule has 0 unspecified atom stereocenters. The topological polar surface area (TPSA) is 226 Å². The number of rotatable bonds is 10. The predicted octanol–water partition coefficient (Wildman–Crippen LogP) is 5.42. The number of hydrogen-bond donors (Lipinski definition) is 5. The maximum Gasteiger partial charge on any atom is 0.335 e. The number of aromatic carboxylic acids is 1. The maximum absolute atomic E-state index is 12.1. The minimum Gasteiger partial charge on any atom is -0.505 e. The zero-order chi connectivity index (χ0) is 31.4. The van der Waals surface area contributed by atoms with Crippen LogP contribution in [0.3, 0.4) is 0 Å². The van der Waals surface area contributed by atoms with Gasteiger partial charge in [0.05, 0.1) is 21.8 Å². The van der Waals surface area contributed by atoms with Gasteiger partial charge in [0.15, 0.2) is 5.75 Å². The number of anilines is 4. The lowest BCUT2D eigenvalue weighted by atomic mass is 10.1. The second kappa shape index (κ2) is 12.1. The van der Waals surface area contributed by atoms with Gasteiger partial charge in [-0.3, -0.25) is 9.35 Å². The molecule has 0 bridgehead atoms. The Kier molecular flexibility index (Phi) is 8.10. The molecule has 0 fully saturated rings. The molecule has 0 aliphatic carbocycles. The van der Waals surface area contributed by atoms with Crippen LogP contribution in [0.4, 0.5) is 34.6 Å². The number of benzene rings is 4. The predicted molar refractivity (Wildman–Crippen MR) is 157 cm³/mol. The van der Waals surface area contributed by atoms with E-state index < -0.39 is 21.0 Å². The van der Waals surface area contributed by atoms with Crippen molar-refractivity contribution in [2.75, 3.05) is 10.6 Å². The fraction of sp³-hybridized carbons (Fsp3) is 0.0357. The Balaban J connectivity index is 1.54. The molecule has 16 heteroatoms. The first kappa shape index (κ1) is 29.5. The highest BCUT2D eigenvalue weighted by Gasteiger charge is 2.19. The van der Waals surface area contributed by atoms with Crippen LogP contribution >= 0.6 is 0 Å². The van der Waals surface area contributed by atoms with Crippen molar-refractivity contribution in [3.63, 3.8) is 0 Å². The summed E-state index contributed by atoms with van der Waals surface area (Å²) in [5.41, 5.74) is 0.923. The van der Waals surface area contributed by atoms with E-state index in [9.17, 15) is 27.7 Å². The summed E-state index contributed by atoms with van der Waals surface area (Å²) in [5.74, 6) is -0.917. The third-order valence-electron chi connectivity index (χ3n) is 6.00. The molecule has 0 aliphatic rings. The van der Waals surface area contributed by atoms with Crippen LogP contribution in [0.1, 0.15) is 16.2 Å². The van der Waals surface area contributed by atoms with Gasteiger partial charge < -0.3 is 25.6 Å². The summed E-state index contributed by atoms with van der Waals surface area (Å²) in [6.45, 7) is 1.86. The molecule has 4 aromatic carbocycles. The van der Waals surface area contributed by atoms with Gasteiger partial charge in [0, 0.05) is 17.1 Å². The third-order valence-corrected chi connectivity index (χ3v) is 6.83. The van der Waals surface area contributed by atoms with Crippen LogP contribution in [0.25, 0.3) is 10.8 Å². The van der Waals surface area contributed by atoms with Crippen molar-refractivity contribution in [1.82, 2.24) is 15.0 Å². The van der Waals surface area contributed by atoms with Crippen molar-refractivity contribution in [3.8, 4) is 11.5 Å². The van der Waals surface area contributed by atoms with Gasteiger partial charge in [0.2, 0.25) is 11.9 Å². The van der Waals surface area contributed by atoms with Gasteiger partial charge in [-0.15, -0.1) is 5.11 Å². The number of azo groups is 1. The Bertz CT molecular complexity index is 2050. The van der Waals surface area contributed by atoms with E-state index in [4.69, 9.17) is 9.84 Å². The molecule has 15 nitrogen and oxygen atoms in total. The van der Waals surface area contributed by atoms with Gasteiger partial charge in [-0.05, 0) is 66.9 Å². The number of carboxylic acids is 1. The fourth-order valence-corrected chi connectivity index (χ4v) is 4.60. The van der Waals surface area contributed by atoms with E-state index in [1.54, 1.807) is 25.1 Å². The smallest absolute Gasteiger partial charge is 0.335 e. The zero-order valence-electron chi connectivity index (χ0n) is 22.5. The van der Waals surface area contributed by atoms with Crippen molar-refractivity contribution in [2.45, 2.75) is 11.8 Å². The number of hydrogen-bond acceptors (Lipinski definition) is 13. The Morgan fingerprint density at radius 2 is 1.66 bits per heavy atom. The normalized spacial score (nSPS) is 11.4. The first-order chi connectivity index (χ1) is 21.0.